The van der Waals surface area contributed by atoms with Crippen molar-refractivity contribution in [2.75, 3.05) is 13.1 Å². The van der Waals surface area contributed by atoms with Crippen molar-refractivity contribution in [3.63, 3.8) is 0 Å². The van der Waals surface area contributed by atoms with E-state index >= 15 is 0 Å². The summed E-state index contributed by atoms with van der Waals surface area (Å²) in [6.07, 6.45) is 0.508. The molecule has 0 fully saturated rings. The summed E-state index contributed by atoms with van der Waals surface area (Å²) in [6, 6.07) is -3.79. The Kier molecular flexibility index (Phi) is 15.6. The monoisotopic (exact) mass is 545 g/mol. The normalized spacial score (nSPS) is 14.5. The van der Waals surface area contributed by atoms with E-state index in [1.807, 2.05) is 21.7 Å². The molecule has 208 valence electrons. The molecule has 0 saturated heterocycles. The molecule has 14 nitrogen and oxygen atoms in total. The minimum atomic E-state index is -1.55. The third-order valence-electron chi connectivity index (χ3n) is 5.85. The zero-order valence-corrected chi connectivity index (χ0v) is 22.4. The van der Waals surface area contributed by atoms with Gasteiger partial charge in [0.25, 0.3) is 0 Å². The number of hydrogen-bond donors (Lipinski definition) is 8. The molecule has 0 aliphatic rings. The number of nitrogens with two attached hydrogens (primary N) is 1. The lowest BCUT2D eigenvalue weighted by atomic mass is 9.81. The molecule has 0 aromatic rings. The fourth-order valence-corrected chi connectivity index (χ4v) is 4.50. The summed E-state index contributed by atoms with van der Waals surface area (Å²) >= 11 is 1.20. The highest BCUT2D eigenvalue weighted by Crippen LogP contribution is 2.34. The quantitative estimate of drug-likeness (QED) is 0.0730. The number of carboxylic acid groups (broad SMARTS) is 3. The lowest BCUT2D eigenvalue weighted by molar-refractivity contribution is -0.142. The van der Waals surface area contributed by atoms with Crippen molar-refractivity contribution in [3.8, 4) is 0 Å². The molecule has 0 aromatic carbocycles. The highest BCUT2D eigenvalue weighted by atomic mass is 32.2. The highest BCUT2D eigenvalue weighted by molar-refractivity contribution is 8.03. The van der Waals surface area contributed by atoms with Gasteiger partial charge in [-0.05, 0) is 23.9 Å². The average molecular weight is 545 g/mol. The van der Waals surface area contributed by atoms with E-state index in [0.717, 1.165) is 0 Å². The zero-order valence-electron chi connectivity index (χ0n) is 21.5. The fourth-order valence-electron chi connectivity index (χ4n) is 3.08. The van der Waals surface area contributed by atoms with E-state index in [0.29, 0.717) is 12.8 Å². The van der Waals surface area contributed by atoms with Crippen LogP contribution in [0.2, 0.25) is 0 Å². The largest absolute Gasteiger partial charge is 0.481 e. The van der Waals surface area contributed by atoms with Crippen LogP contribution in [0.4, 0.5) is 0 Å². The first-order chi connectivity index (χ1) is 17.2. The Morgan fingerprint density at radius 2 is 1.46 bits per heavy atom. The van der Waals surface area contributed by atoms with Crippen LogP contribution in [0.15, 0.2) is 0 Å². The molecule has 37 heavy (non-hydrogen) atoms. The number of carbonyl (C=O) groups excluding carboxylic acids is 3. The van der Waals surface area contributed by atoms with E-state index in [2.05, 4.69) is 21.2 Å². The SMILES string of the molecule is BN[C@@H](CCC(=O)O)C(=O)N[C@@H](CNC(=O)[C@H](CN)NC(=O)C(CC(=O)O)SC(B)(CC)CC)C(=O)O. The summed E-state index contributed by atoms with van der Waals surface area (Å²) in [5, 5.41) is 36.0. The van der Waals surface area contributed by atoms with Crippen LogP contribution in [0, 0.1) is 0 Å². The Morgan fingerprint density at radius 3 is 1.89 bits per heavy atom. The number of rotatable bonds is 19. The van der Waals surface area contributed by atoms with Crippen molar-refractivity contribution in [2.24, 2.45) is 5.73 Å². The second-order valence-electron chi connectivity index (χ2n) is 8.58. The molecule has 0 spiro atoms. The molecular formula is C20H37B2N5O9S. The third kappa shape index (κ3) is 12.8. The molecule has 3 amide bonds. The van der Waals surface area contributed by atoms with Gasteiger partial charge >= 0.3 is 17.9 Å². The fraction of sp³-hybridized carbons (Fsp3) is 0.700. The molecule has 4 atom stereocenters. The summed E-state index contributed by atoms with van der Waals surface area (Å²) in [4.78, 5) is 71.4. The number of hydrogen-bond acceptors (Lipinski definition) is 9. The number of carbonyl (C=O) groups is 6. The van der Waals surface area contributed by atoms with Crippen LogP contribution >= 0.6 is 11.8 Å². The second kappa shape index (κ2) is 16.9. The molecule has 0 rings (SSSR count). The van der Waals surface area contributed by atoms with E-state index in [1.165, 1.54) is 19.7 Å². The Balaban J connectivity index is 5.27. The van der Waals surface area contributed by atoms with Crippen LogP contribution in [0.3, 0.4) is 0 Å². The molecular weight excluding hydrogens is 508 g/mol. The van der Waals surface area contributed by atoms with E-state index in [4.69, 9.17) is 10.8 Å². The molecule has 0 heterocycles. The van der Waals surface area contributed by atoms with Gasteiger partial charge in [0, 0.05) is 19.5 Å². The summed E-state index contributed by atoms with van der Waals surface area (Å²) in [5.41, 5.74) is 5.62. The smallest absolute Gasteiger partial charge is 0.328 e. The van der Waals surface area contributed by atoms with Crippen LogP contribution in [-0.4, -0.2) is 108 Å². The Morgan fingerprint density at radius 1 is 0.892 bits per heavy atom. The molecule has 9 N–H and O–H groups in total. The lowest BCUT2D eigenvalue weighted by Crippen LogP contribution is -2.57. The molecule has 0 radical (unpaired) electrons. The van der Waals surface area contributed by atoms with Crippen molar-refractivity contribution in [3.05, 3.63) is 0 Å². The van der Waals surface area contributed by atoms with E-state index in [9.17, 15) is 39.0 Å². The highest BCUT2D eigenvalue weighted by Gasteiger charge is 2.33. The van der Waals surface area contributed by atoms with E-state index in [-0.39, 0.29) is 24.0 Å². The predicted octanol–water partition coefficient (Wildman–Crippen LogP) is -3.79. The molecule has 0 aromatic heterocycles. The molecule has 0 aliphatic heterocycles. The van der Waals surface area contributed by atoms with E-state index < -0.39 is 72.0 Å². The van der Waals surface area contributed by atoms with Crippen LogP contribution in [0.25, 0.3) is 0 Å². The van der Waals surface area contributed by atoms with Gasteiger partial charge < -0.3 is 42.2 Å². The van der Waals surface area contributed by atoms with Crippen molar-refractivity contribution < 1.29 is 44.1 Å². The van der Waals surface area contributed by atoms with Crippen LogP contribution in [0.1, 0.15) is 46.0 Å². The Hall–Kier alpha value is -2.78. The van der Waals surface area contributed by atoms with Crippen LogP contribution in [-0.2, 0) is 28.8 Å². The molecule has 1 unspecified atom stereocenters. The van der Waals surface area contributed by atoms with E-state index in [1.54, 1.807) is 0 Å². The first kappa shape index (κ1) is 34.2. The lowest BCUT2D eigenvalue weighted by Gasteiger charge is -2.31. The third-order valence-corrected chi connectivity index (χ3v) is 7.66. The van der Waals surface area contributed by atoms with Gasteiger partial charge in [0.1, 0.15) is 19.9 Å². The molecule has 0 aliphatic carbocycles. The molecule has 17 heteroatoms. The van der Waals surface area contributed by atoms with Gasteiger partial charge in [-0.2, -0.15) is 11.8 Å². The first-order valence-corrected chi connectivity index (χ1v) is 12.7. The van der Waals surface area contributed by atoms with Crippen LogP contribution in [0.5, 0.6) is 0 Å². The Bertz CT molecular complexity index is 832. The van der Waals surface area contributed by atoms with Gasteiger partial charge in [0.05, 0.1) is 17.7 Å². The standard InChI is InChI=1S/C20H37B2N5O9S/c1-3-20(21,4-2)37-13(7-15(30)31)18(34)25-11(8-23)16(32)24-9-12(19(35)36)26-17(33)10(27-22)5-6-14(28)29/h10-13,27H,3-9,21-23H2,1-2H3,(H,24,32)(H,25,34)(H,26,33)(H,28,29)(H,30,31)(H,35,36)/t10-,11-,12-,13?/m0/s1. The number of thioether (sulfide) groups is 1. The van der Waals surface area contributed by atoms with Gasteiger partial charge in [-0.3, -0.25) is 24.0 Å². The van der Waals surface area contributed by atoms with Gasteiger partial charge in [-0.25, -0.2) is 4.79 Å². The predicted molar refractivity (Wildman–Crippen MR) is 141 cm³/mol. The maximum Gasteiger partial charge on any atom is 0.328 e. The zero-order chi connectivity index (χ0) is 28.8. The first-order valence-electron chi connectivity index (χ1n) is 11.8. The Labute approximate surface area is 221 Å². The summed E-state index contributed by atoms with van der Waals surface area (Å²) < 4.78 is -0.361. The minimum Gasteiger partial charge on any atom is -0.481 e. The van der Waals surface area contributed by atoms with Crippen molar-refractivity contribution >= 4 is 63.2 Å². The summed E-state index contributed by atoms with van der Waals surface area (Å²) in [6.45, 7) is 2.95. The van der Waals surface area contributed by atoms with Crippen LogP contribution < -0.4 is 26.9 Å². The summed E-state index contributed by atoms with van der Waals surface area (Å²) in [7, 11) is 3.32. The average Bonchev–Trinajstić information content (AvgIpc) is 2.83. The van der Waals surface area contributed by atoms with Crippen molar-refractivity contribution in [1.29, 1.82) is 0 Å². The minimum absolute atomic E-state index is 0.0811. The van der Waals surface area contributed by atoms with Gasteiger partial charge in [0.2, 0.25) is 17.7 Å². The number of aliphatic carboxylic acids is 3. The molecule has 0 saturated carbocycles. The van der Waals surface area contributed by atoms with Crippen molar-refractivity contribution in [2.45, 2.75) is 74.0 Å². The number of amides is 3. The molecule has 0 bridgehead atoms. The van der Waals surface area contributed by atoms with Gasteiger partial charge in [-0.15, -0.1) is 0 Å². The maximum atomic E-state index is 12.8. The van der Waals surface area contributed by atoms with Gasteiger partial charge in [-0.1, -0.05) is 13.8 Å². The maximum absolute atomic E-state index is 12.8. The number of carboxylic acids is 3. The van der Waals surface area contributed by atoms with Gasteiger partial charge in [0.15, 0.2) is 7.98 Å². The number of nitrogens with one attached hydrogen (secondary N) is 4. The summed E-state index contributed by atoms with van der Waals surface area (Å²) in [5.74, 6) is -6.03. The second-order valence-corrected chi connectivity index (χ2v) is 10.4. The van der Waals surface area contributed by atoms with Crippen molar-refractivity contribution in [1.82, 2.24) is 21.2 Å². The topological polar surface area (TPSA) is 237 Å².